The first-order valence-electron chi connectivity index (χ1n) is 3.97. The average Bonchev–Trinajstić information content (AvgIpc) is 2.13. The highest BCUT2D eigenvalue weighted by Crippen LogP contribution is 2.20. The van der Waals surface area contributed by atoms with Gasteiger partial charge in [0.1, 0.15) is 5.78 Å². The summed E-state index contributed by atoms with van der Waals surface area (Å²) < 4.78 is 0. The maximum atomic E-state index is 11.0. The molecule has 10 heavy (non-hydrogen) atoms. The third-order valence-corrected chi connectivity index (χ3v) is 2.10. The second-order valence-electron chi connectivity index (χ2n) is 2.98. The van der Waals surface area contributed by atoms with Gasteiger partial charge in [0.25, 0.3) is 0 Å². The molecular weight excluding hydrogens is 124 g/mol. The molecule has 1 aliphatic carbocycles. The average molecular weight is 138 g/mol. The molecule has 0 bridgehead atoms. The van der Waals surface area contributed by atoms with Crippen LogP contribution in [0.3, 0.4) is 0 Å². The Kier molecular flexibility index (Phi) is 2.67. The molecule has 0 spiro atoms. The smallest absolute Gasteiger partial charge is 0.133 e. The molecule has 0 N–H and O–H groups in total. The van der Waals surface area contributed by atoms with Crippen molar-refractivity contribution in [3.05, 3.63) is 12.7 Å². The van der Waals surface area contributed by atoms with E-state index < -0.39 is 0 Å². The van der Waals surface area contributed by atoms with E-state index in [9.17, 15) is 4.79 Å². The highest BCUT2D eigenvalue weighted by molar-refractivity contribution is 5.79. The summed E-state index contributed by atoms with van der Waals surface area (Å²) in [4.78, 5) is 11.0. The number of allylic oxidation sites excluding steroid dienone is 1. The van der Waals surface area contributed by atoms with Gasteiger partial charge in [-0.3, -0.25) is 4.79 Å². The zero-order chi connectivity index (χ0) is 7.40. The van der Waals surface area contributed by atoms with E-state index in [1.165, 1.54) is 6.42 Å². The van der Waals surface area contributed by atoms with Crippen LogP contribution in [0.5, 0.6) is 0 Å². The Labute approximate surface area is 62.1 Å². The van der Waals surface area contributed by atoms with Crippen molar-refractivity contribution in [1.29, 1.82) is 0 Å². The first-order chi connectivity index (χ1) is 4.83. The van der Waals surface area contributed by atoms with Gasteiger partial charge in [-0.15, -0.1) is 6.58 Å². The van der Waals surface area contributed by atoms with Gasteiger partial charge in [-0.05, 0) is 18.8 Å². The van der Waals surface area contributed by atoms with Crippen molar-refractivity contribution in [3.8, 4) is 0 Å². The summed E-state index contributed by atoms with van der Waals surface area (Å²) in [5.74, 6) is 0.886. The normalized spacial score (nSPS) is 27.6. The van der Waals surface area contributed by atoms with Gasteiger partial charge in [0, 0.05) is 12.8 Å². The van der Waals surface area contributed by atoms with E-state index in [1.807, 2.05) is 6.08 Å². The molecule has 0 heterocycles. The predicted octanol–water partition coefficient (Wildman–Crippen LogP) is 2.32. The first-order valence-corrected chi connectivity index (χ1v) is 3.97. The van der Waals surface area contributed by atoms with Crippen molar-refractivity contribution in [3.63, 3.8) is 0 Å². The van der Waals surface area contributed by atoms with Crippen molar-refractivity contribution in [2.45, 2.75) is 32.1 Å². The molecule has 1 atom stereocenters. The van der Waals surface area contributed by atoms with Gasteiger partial charge >= 0.3 is 0 Å². The van der Waals surface area contributed by atoms with Crippen molar-refractivity contribution < 1.29 is 4.79 Å². The summed E-state index contributed by atoms with van der Waals surface area (Å²) in [7, 11) is 0. The Bertz CT molecular complexity index is 138. The molecule has 0 aromatic carbocycles. The topological polar surface area (TPSA) is 17.1 Å². The Morgan fingerprint density at radius 1 is 1.50 bits per heavy atom. The van der Waals surface area contributed by atoms with Gasteiger partial charge in [0.05, 0.1) is 0 Å². The second kappa shape index (κ2) is 3.55. The SMILES string of the molecule is C=C[C@H]1CCCCC(=O)C1. The predicted molar refractivity (Wildman–Crippen MR) is 41.8 cm³/mol. The fraction of sp³-hybridized carbons (Fsp3) is 0.667. The summed E-state index contributed by atoms with van der Waals surface area (Å²) in [5.41, 5.74) is 0. The van der Waals surface area contributed by atoms with Crippen LogP contribution in [-0.2, 0) is 4.79 Å². The van der Waals surface area contributed by atoms with Gasteiger partial charge in [0.15, 0.2) is 0 Å². The molecule has 0 aromatic rings. The maximum Gasteiger partial charge on any atom is 0.133 e. The number of carbonyl (C=O) groups is 1. The Morgan fingerprint density at radius 3 is 3.00 bits per heavy atom. The van der Waals surface area contributed by atoms with Gasteiger partial charge in [-0.1, -0.05) is 12.5 Å². The fourth-order valence-electron chi connectivity index (χ4n) is 1.43. The van der Waals surface area contributed by atoms with E-state index in [-0.39, 0.29) is 0 Å². The first kappa shape index (κ1) is 7.52. The highest BCUT2D eigenvalue weighted by atomic mass is 16.1. The number of hydrogen-bond donors (Lipinski definition) is 0. The van der Waals surface area contributed by atoms with Crippen molar-refractivity contribution in [2.24, 2.45) is 5.92 Å². The highest BCUT2D eigenvalue weighted by Gasteiger charge is 2.13. The molecule has 0 aliphatic heterocycles. The summed E-state index contributed by atoms with van der Waals surface area (Å²) in [5, 5.41) is 0. The summed E-state index contributed by atoms with van der Waals surface area (Å²) in [6, 6.07) is 0. The number of rotatable bonds is 1. The van der Waals surface area contributed by atoms with E-state index in [0.29, 0.717) is 11.7 Å². The molecule has 1 heteroatoms. The molecule has 0 amide bonds. The molecule has 0 aromatic heterocycles. The number of carbonyl (C=O) groups excluding carboxylic acids is 1. The zero-order valence-electron chi connectivity index (χ0n) is 6.31. The van der Waals surface area contributed by atoms with Crippen LogP contribution in [0.25, 0.3) is 0 Å². The molecule has 1 saturated carbocycles. The van der Waals surface area contributed by atoms with Crippen LogP contribution >= 0.6 is 0 Å². The molecule has 56 valence electrons. The number of ketones is 1. The van der Waals surface area contributed by atoms with Crippen molar-refractivity contribution in [1.82, 2.24) is 0 Å². The van der Waals surface area contributed by atoms with Crippen LogP contribution < -0.4 is 0 Å². The Morgan fingerprint density at radius 2 is 2.30 bits per heavy atom. The summed E-state index contributed by atoms with van der Waals surface area (Å²) in [6.45, 7) is 3.71. The maximum absolute atomic E-state index is 11.0. The summed E-state index contributed by atoms with van der Waals surface area (Å²) in [6.07, 6.45) is 6.90. The van der Waals surface area contributed by atoms with Gasteiger partial charge in [-0.25, -0.2) is 0 Å². The molecule has 0 saturated heterocycles. The third-order valence-electron chi connectivity index (χ3n) is 2.10. The standard InChI is InChI=1S/C9H14O/c1-2-8-5-3-4-6-9(10)7-8/h2,8H,1,3-7H2/t8-/m0/s1. The Hall–Kier alpha value is -0.590. The lowest BCUT2D eigenvalue weighted by Gasteiger charge is -2.04. The zero-order valence-corrected chi connectivity index (χ0v) is 6.31. The number of hydrogen-bond acceptors (Lipinski definition) is 1. The molecular formula is C9H14O. The monoisotopic (exact) mass is 138 g/mol. The van der Waals surface area contributed by atoms with Crippen LogP contribution in [0.2, 0.25) is 0 Å². The van der Waals surface area contributed by atoms with Gasteiger partial charge < -0.3 is 0 Å². The molecule has 1 nitrogen and oxygen atoms in total. The number of Topliss-reactive ketones (excluding diaryl/α,β-unsaturated/α-hetero) is 1. The molecule has 0 radical (unpaired) electrons. The van der Waals surface area contributed by atoms with Crippen LogP contribution in [0, 0.1) is 5.92 Å². The van der Waals surface area contributed by atoms with Crippen LogP contribution in [0.1, 0.15) is 32.1 Å². The molecule has 0 unspecified atom stereocenters. The molecule has 1 rings (SSSR count). The lowest BCUT2D eigenvalue weighted by molar-refractivity contribution is -0.119. The van der Waals surface area contributed by atoms with E-state index in [2.05, 4.69) is 6.58 Å². The largest absolute Gasteiger partial charge is 0.300 e. The minimum Gasteiger partial charge on any atom is -0.300 e. The molecule has 1 fully saturated rings. The van der Waals surface area contributed by atoms with Crippen LogP contribution in [-0.4, -0.2) is 5.78 Å². The van der Waals surface area contributed by atoms with Crippen LogP contribution in [0.15, 0.2) is 12.7 Å². The fourth-order valence-corrected chi connectivity index (χ4v) is 1.43. The minimum atomic E-state index is 0.419. The Balaban J connectivity index is 2.45. The third kappa shape index (κ3) is 1.98. The lowest BCUT2D eigenvalue weighted by Crippen LogP contribution is -2.01. The molecule has 1 aliphatic rings. The van der Waals surface area contributed by atoms with Crippen molar-refractivity contribution >= 4 is 5.78 Å². The second-order valence-corrected chi connectivity index (χ2v) is 2.98. The van der Waals surface area contributed by atoms with Gasteiger partial charge in [-0.2, -0.15) is 0 Å². The van der Waals surface area contributed by atoms with Gasteiger partial charge in [0.2, 0.25) is 0 Å². The van der Waals surface area contributed by atoms with E-state index in [4.69, 9.17) is 0 Å². The van der Waals surface area contributed by atoms with E-state index in [1.54, 1.807) is 0 Å². The quantitative estimate of drug-likeness (QED) is 0.401. The van der Waals surface area contributed by atoms with E-state index in [0.717, 1.165) is 25.7 Å². The van der Waals surface area contributed by atoms with Crippen LogP contribution in [0.4, 0.5) is 0 Å². The minimum absolute atomic E-state index is 0.419. The van der Waals surface area contributed by atoms with Crippen molar-refractivity contribution in [2.75, 3.05) is 0 Å². The summed E-state index contributed by atoms with van der Waals surface area (Å²) >= 11 is 0. The van der Waals surface area contributed by atoms with E-state index >= 15 is 0 Å². The lowest BCUT2D eigenvalue weighted by atomic mass is 10.0.